The second-order valence-corrected chi connectivity index (χ2v) is 9.96. The van der Waals surface area contributed by atoms with Gasteiger partial charge in [-0.25, -0.2) is 4.98 Å². The van der Waals surface area contributed by atoms with E-state index in [4.69, 9.17) is 4.98 Å². The number of aliphatic carboxylic acids is 1. The Bertz CT molecular complexity index is 1400. The van der Waals surface area contributed by atoms with Crippen molar-refractivity contribution in [2.45, 2.75) is 44.9 Å². The maximum Gasteiger partial charge on any atom is 0.306 e. The number of carboxylic acid groups (broad SMARTS) is 1. The molecule has 0 spiro atoms. The fourth-order valence-corrected chi connectivity index (χ4v) is 5.49. The van der Waals surface area contributed by atoms with Gasteiger partial charge in [0, 0.05) is 27.6 Å². The van der Waals surface area contributed by atoms with Crippen LogP contribution in [0.5, 0.6) is 0 Å². The lowest BCUT2D eigenvalue weighted by Crippen LogP contribution is -2.37. The highest BCUT2D eigenvalue weighted by atomic mass is 32.1. The Morgan fingerprint density at radius 3 is 2.67 bits per heavy atom. The number of aliphatic hydroxyl groups excluding tert-OH is 1. The maximum absolute atomic E-state index is 13.3. The average Bonchev–Trinajstić information content (AvgIpc) is 3.25. The van der Waals surface area contributed by atoms with Crippen LogP contribution in [0, 0.1) is 12.8 Å². The predicted molar refractivity (Wildman–Crippen MR) is 128 cm³/mol. The van der Waals surface area contributed by atoms with Crippen molar-refractivity contribution in [1.82, 2.24) is 14.7 Å². The third kappa shape index (κ3) is 4.17. The molecular weight excluding hydrogens is 438 g/mol. The molecule has 3 heterocycles. The summed E-state index contributed by atoms with van der Waals surface area (Å²) in [6, 6.07) is 13.3. The van der Waals surface area contributed by atoms with E-state index in [-0.39, 0.29) is 17.5 Å². The van der Waals surface area contributed by atoms with Crippen LogP contribution in [-0.2, 0) is 4.79 Å². The molecule has 0 aliphatic heterocycles. The van der Waals surface area contributed by atoms with Crippen LogP contribution in [-0.4, -0.2) is 31.6 Å². The van der Waals surface area contributed by atoms with Gasteiger partial charge in [0.15, 0.2) is 0 Å². The molecule has 0 saturated heterocycles. The predicted octanol–water partition coefficient (Wildman–Crippen LogP) is 4.11. The summed E-state index contributed by atoms with van der Waals surface area (Å²) >= 11 is 1.68. The van der Waals surface area contributed by atoms with Gasteiger partial charge >= 0.3 is 5.97 Å². The Balaban J connectivity index is 1.48. The number of hydrogen-bond acceptors (Lipinski definition) is 6. The molecule has 1 aromatic carbocycles. The minimum atomic E-state index is -1.01. The number of carboxylic acids is 1. The van der Waals surface area contributed by atoms with Gasteiger partial charge in [0.1, 0.15) is 11.9 Å². The number of carbonyl (C=O) groups is 1. The molecule has 0 bridgehead atoms. The molecule has 1 saturated carbocycles. The summed E-state index contributed by atoms with van der Waals surface area (Å²) in [6.45, 7) is 2.05. The zero-order valence-corrected chi connectivity index (χ0v) is 19.0. The first-order valence-electron chi connectivity index (χ1n) is 11.1. The molecule has 0 radical (unpaired) electrons. The molecule has 1 aliphatic carbocycles. The summed E-state index contributed by atoms with van der Waals surface area (Å²) in [5, 5.41) is 23.8. The highest BCUT2D eigenvalue weighted by Gasteiger charge is 2.27. The molecule has 8 heteroatoms. The van der Waals surface area contributed by atoms with Gasteiger partial charge in [0.25, 0.3) is 5.56 Å². The van der Waals surface area contributed by atoms with Crippen molar-refractivity contribution >= 4 is 33.9 Å². The van der Waals surface area contributed by atoms with Gasteiger partial charge in [-0.2, -0.15) is 0 Å². The molecule has 1 aliphatic rings. The molecule has 1 atom stereocenters. The first-order chi connectivity index (χ1) is 15.9. The number of fused-ring (bicyclic) bond motifs is 2. The van der Waals surface area contributed by atoms with Crippen LogP contribution in [0.3, 0.4) is 0 Å². The number of nitrogens with one attached hydrogen (secondary N) is 1. The smallest absolute Gasteiger partial charge is 0.306 e. The van der Waals surface area contributed by atoms with Crippen molar-refractivity contribution in [3.8, 4) is 10.4 Å². The molecule has 4 aromatic rings. The highest BCUT2D eigenvalue weighted by molar-refractivity contribution is 7.15. The Hall–Kier alpha value is -3.07. The van der Waals surface area contributed by atoms with Crippen molar-refractivity contribution in [2.75, 3.05) is 0 Å². The SMILES string of the molecule is Cc1ccc(-c2ccc3nc4c(C(O)NC5CCC(C(=O)O)CC5)cccn4c(=O)c3c2)s1. The topological polar surface area (TPSA) is 104 Å². The number of benzene rings is 1. The quantitative estimate of drug-likeness (QED) is 0.304. The van der Waals surface area contributed by atoms with Crippen LogP contribution in [0.1, 0.15) is 42.4 Å². The lowest BCUT2D eigenvalue weighted by Gasteiger charge is -2.29. The van der Waals surface area contributed by atoms with E-state index in [9.17, 15) is 19.8 Å². The molecule has 33 heavy (non-hydrogen) atoms. The highest BCUT2D eigenvalue weighted by Crippen LogP contribution is 2.30. The molecule has 1 unspecified atom stereocenters. The van der Waals surface area contributed by atoms with Gasteiger partial charge in [-0.1, -0.05) is 6.07 Å². The summed E-state index contributed by atoms with van der Waals surface area (Å²) in [5.41, 5.74) is 2.32. The monoisotopic (exact) mass is 463 g/mol. The first kappa shape index (κ1) is 21.8. The second kappa shape index (κ2) is 8.70. The van der Waals surface area contributed by atoms with Crippen LogP contribution < -0.4 is 10.9 Å². The maximum atomic E-state index is 13.3. The van der Waals surface area contributed by atoms with Crippen LogP contribution >= 0.6 is 11.3 Å². The molecule has 7 nitrogen and oxygen atoms in total. The largest absolute Gasteiger partial charge is 0.481 e. The third-order valence-electron chi connectivity index (χ3n) is 6.46. The number of nitrogens with zero attached hydrogens (tertiary/aromatic N) is 2. The lowest BCUT2D eigenvalue weighted by atomic mass is 9.86. The fourth-order valence-electron chi connectivity index (χ4n) is 4.62. The zero-order valence-electron chi connectivity index (χ0n) is 18.2. The van der Waals surface area contributed by atoms with Gasteiger partial charge in [-0.15, -0.1) is 11.3 Å². The van der Waals surface area contributed by atoms with E-state index < -0.39 is 12.2 Å². The molecule has 3 aromatic heterocycles. The van der Waals surface area contributed by atoms with Crippen LogP contribution in [0.2, 0.25) is 0 Å². The van der Waals surface area contributed by atoms with Crippen LogP contribution in [0.4, 0.5) is 0 Å². The number of aliphatic hydroxyl groups is 1. The van der Waals surface area contributed by atoms with Crippen molar-refractivity contribution in [3.05, 3.63) is 69.5 Å². The minimum absolute atomic E-state index is 0.0137. The van der Waals surface area contributed by atoms with Crippen molar-refractivity contribution in [3.63, 3.8) is 0 Å². The number of pyridine rings is 1. The van der Waals surface area contributed by atoms with E-state index in [1.165, 1.54) is 9.28 Å². The van der Waals surface area contributed by atoms with E-state index >= 15 is 0 Å². The molecule has 1 fully saturated rings. The summed E-state index contributed by atoms with van der Waals surface area (Å²) in [4.78, 5) is 31.5. The number of aromatic nitrogens is 2. The van der Waals surface area contributed by atoms with E-state index in [0.29, 0.717) is 47.8 Å². The number of rotatable bonds is 5. The van der Waals surface area contributed by atoms with Gasteiger partial charge in [-0.05, 0) is 74.6 Å². The number of hydrogen-bond donors (Lipinski definition) is 3. The minimum Gasteiger partial charge on any atom is -0.481 e. The average molecular weight is 464 g/mol. The van der Waals surface area contributed by atoms with E-state index in [0.717, 1.165) is 10.4 Å². The third-order valence-corrected chi connectivity index (χ3v) is 7.51. The Kier molecular flexibility index (Phi) is 5.74. The van der Waals surface area contributed by atoms with Crippen LogP contribution in [0.15, 0.2) is 53.5 Å². The standard InChI is InChI=1S/C25H25N3O4S/c1-14-4-11-21(33-14)16-7-10-20-19(13-16)24(30)28-12-2-3-18(22(28)27-20)23(29)26-17-8-5-15(6-9-17)25(31)32/h2-4,7,10-13,15,17,23,26,29H,5-6,8-9H2,1H3,(H,31,32). The number of aryl methyl sites for hydroxylation is 1. The molecular formula is C25H25N3O4S. The fraction of sp³-hybridized carbons (Fsp3) is 0.320. The Morgan fingerprint density at radius 1 is 1.18 bits per heavy atom. The van der Waals surface area contributed by atoms with Gasteiger partial charge in [-0.3, -0.25) is 19.3 Å². The van der Waals surface area contributed by atoms with Crippen molar-refractivity contribution < 1.29 is 15.0 Å². The van der Waals surface area contributed by atoms with E-state index in [1.54, 1.807) is 29.7 Å². The summed E-state index contributed by atoms with van der Waals surface area (Å²) in [5.74, 6) is -1.07. The molecule has 3 N–H and O–H groups in total. The Morgan fingerprint density at radius 2 is 1.97 bits per heavy atom. The van der Waals surface area contributed by atoms with Gasteiger partial charge in [0.05, 0.1) is 16.8 Å². The summed E-state index contributed by atoms with van der Waals surface area (Å²) < 4.78 is 1.48. The summed E-state index contributed by atoms with van der Waals surface area (Å²) in [7, 11) is 0. The van der Waals surface area contributed by atoms with Crippen LogP contribution in [0.25, 0.3) is 27.0 Å². The molecule has 0 amide bonds. The first-order valence-corrected chi connectivity index (χ1v) is 11.9. The van der Waals surface area contributed by atoms with Gasteiger partial charge in [0.2, 0.25) is 0 Å². The lowest BCUT2D eigenvalue weighted by molar-refractivity contribution is -0.142. The molecule has 5 rings (SSSR count). The second-order valence-electron chi connectivity index (χ2n) is 8.67. The van der Waals surface area contributed by atoms with Crippen molar-refractivity contribution in [1.29, 1.82) is 0 Å². The summed E-state index contributed by atoms with van der Waals surface area (Å²) in [6.07, 6.45) is 3.19. The van der Waals surface area contributed by atoms with Crippen molar-refractivity contribution in [2.24, 2.45) is 5.92 Å². The number of thiophene rings is 1. The molecule has 170 valence electrons. The van der Waals surface area contributed by atoms with Gasteiger partial charge < -0.3 is 10.2 Å². The Labute approximate surface area is 194 Å². The van der Waals surface area contributed by atoms with E-state index in [2.05, 4.69) is 24.4 Å². The zero-order chi connectivity index (χ0) is 23.1. The van der Waals surface area contributed by atoms with E-state index in [1.807, 2.05) is 18.2 Å². The normalized spacial score (nSPS) is 19.7.